The number of fused-ring (bicyclic) bond motifs is 1. The third-order valence-corrected chi connectivity index (χ3v) is 4.54. The molecule has 0 amide bonds. The third kappa shape index (κ3) is 3.36. The van der Waals surface area contributed by atoms with E-state index in [0.29, 0.717) is 35.9 Å². The minimum atomic E-state index is -0.378. The number of nitrogens with zero attached hydrogens (tertiary/aromatic N) is 5. The number of furan rings is 2. The van der Waals surface area contributed by atoms with E-state index in [-0.39, 0.29) is 5.82 Å². The average molecular weight is 389 g/mol. The van der Waals surface area contributed by atoms with Crippen molar-refractivity contribution < 1.29 is 13.2 Å². The maximum absolute atomic E-state index is 14.3. The van der Waals surface area contributed by atoms with E-state index < -0.39 is 0 Å². The molecule has 0 radical (unpaired) electrons. The van der Waals surface area contributed by atoms with Crippen LogP contribution < -0.4 is 4.90 Å². The number of hydrogen-bond donors (Lipinski definition) is 0. The Hall–Kier alpha value is -3.94. The number of halogens is 1. The first-order valence-electron chi connectivity index (χ1n) is 9.05. The monoisotopic (exact) mass is 389 g/mol. The molecule has 8 heteroatoms. The minimum absolute atomic E-state index is 0.341. The van der Waals surface area contributed by atoms with Crippen LogP contribution in [-0.2, 0) is 13.1 Å². The molecule has 0 unspecified atom stereocenters. The molecule has 0 bridgehead atoms. The Labute approximate surface area is 165 Å². The van der Waals surface area contributed by atoms with Crippen LogP contribution >= 0.6 is 0 Å². The Morgan fingerprint density at radius 2 is 1.55 bits per heavy atom. The molecule has 0 fully saturated rings. The van der Waals surface area contributed by atoms with Crippen LogP contribution in [0.5, 0.6) is 0 Å². The van der Waals surface area contributed by atoms with Gasteiger partial charge in [0.15, 0.2) is 17.3 Å². The van der Waals surface area contributed by atoms with E-state index in [2.05, 4.69) is 15.3 Å². The standard InChI is InChI=1S/C21H16FN5O2/c22-18-8-2-1-7-17(18)21-24-23-19-9-10-20(25-27(19)21)26(13-15-5-3-11-28-15)14-16-6-4-12-29-16/h1-12H,13-14H2. The van der Waals surface area contributed by atoms with Gasteiger partial charge in [-0.15, -0.1) is 15.3 Å². The lowest BCUT2D eigenvalue weighted by Gasteiger charge is -2.21. The Kier molecular flexibility index (Phi) is 4.28. The maximum Gasteiger partial charge on any atom is 0.188 e. The van der Waals surface area contributed by atoms with Crippen LogP contribution in [-0.4, -0.2) is 19.8 Å². The quantitative estimate of drug-likeness (QED) is 0.431. The first-order chi connectivity index (χ1) is 14.3. The average Bonchev–Trinajstić information content (AvgIpc) is 3.50. The van der Waals surface area contributed by atoms with E-state index in [1.54, 1.807) is 41.3 Å². The Morgan fingerprint density at radius 3 is 2.21 bits per heavy atom. The van der Waals surface area contributed by atoms with Crippen molar-refractivity contribution in [3.05, 3.63) is 90.5 Å². The summed E-state index contributed by atoms with van der Waals surface area (Å²) in [5.74, 6) is 2.20. The summed E-state index contributed by atoms with van der Waals surface area (Å²) in [6.45, 7) is 0.979. The van der Waals surface area contributed by atoms with Gasteiger partial charge in [-0.1, -0.05) is 12.1 Å². The second kappa shape index (κ2) is 7.23. The minimum Gasteiger partial charge on any atom is -0.467 e. The van der Waals surface area contributed by atoms with E-state index in [9.17, 15) is 4.39 Å². The lowest BCUT2D eigenvalue weighted by molar-refractivity contribution is 0.474. The van der Waals surface area contributed by atoms with Crippen LogP contribution in [0, 0.1) is 5.82 Å². The van der Waals surface area contributed by atoms with Gasteiger partial charge in [0.1, 0.15) is 17.3 Å². The van der Waals surface area contributed by atoms with Crippen molar-refractivity contribution in [2.75, 3.05) is 4.90 Å². The van der Waals surface area contributed by atoms with Crippen LogP contribution in [0.4, 0.5) is 10.2 Å². The Bertz CT molecular complexity index is 1200. The van der Waals surface area contributed by atoms with E-state index in [1.165, 1.54) is 6.07 Å². The number of hydrogen-bond acceptors (Lipinski definition) is 6. The van der Waals surface area contributed by atoms with E-state index in [4.69, 9.17) is 8.83 Å². The third-order valence-electron chi connectivity index (χ3n) is 4.54. The summed E-state index contributed by atoms with van der Waals surface area (Å²) in [5, 5.41) is 12.9. The molecule has 1 aromatic carbocycles. The molecule has 0 atom stereocenters. The van der Waals surface area contributed by atoms with Gasteiger partial charge in [0.25, 0.3) is 0 Å². The lowest BCUT2D eigenvalue weighted by Crippen LogP contribution is -2.23. The van der Waals surface area contributed by atoms with Crippen molar-refractivity contribution in [1.29, 1.82) is 0 Å². The molecule has 0 aliphatic rings. The molecule has 0 spiro atoms. The zero-order chi connectivity index (χ0) is 19.6. The Morgan fingerprint density at radius 1 is 0.828 bits per heavy atom. The van der Waals surface area contributed by atoms with E-state index in [0.717, 1.165) is 11.5 Å². The smallest absolute Gasteiger partial charge is 0.188 e. The SMILES string of the molecule is Fc1ccccc1-c1nnc2ccc(N(Cc3ccco3)Cc3ccco3)nn12. The molecule has 0 aliphatic heterocycles. The Balaban J connectivity index is 1.57. The molecular formula is C21H16FN5O2. The van der Waals surface area contributed by atoms with Gasteiger partial charge < -0.3 is 13.7 Å². The summed E-state index contributed by atoms with van der Waals surface area (Å²) in [7, 11) is 0. The summed E-state index contributed by atoms with van der Waals surface area (Å²) in [6.07, 6.45) is 3.26. The van der Waals surface area contributed by atoms with Gasteiger partial charge in [0, 0.05) is 0 Å². The fraction of sp³-hybridized carbons (Fsp3) is 0.0952. The molecule has 4 heterocycles. The molecule has 7 nitrogen and oxygen atoms in total. The molecule has 0 saturated carbocycles. The van der Waals surface area contributed by atoms with Crippen molar-refractivity contribution in [2.24, 2.45) is 0 Å². The van der Waals surface area contributed by atoms with Gasteiger partial charge in [0.2, 0.25) is 0 Å². The largest absolute Gasteiger partial charge is 0.467 e. The number of anilines is 1. The van der Waals surface area contributed by atoms with Gasteiger partial charge in [-0.25, -0.2) is 4.39 Å². The summed E-state index contributed by atoms with van der Waals surface area (Å²) in [6, 6.07) is 17.6. The van der Waals surface area contributed by atoms with E-state index in [1.807, 2.05) is 35.2 Å². The zero-order valence-corrected chi connectivity index (χ0v) is 15.3. The molecular weight excluding hydrogens is 373 g/mol. The van der Waals surface area contributed by atoms with Crippen molar-refractivity contribution in [1.82, 2.24) is 19.8 Å². The predicted octanol–water partition coefficient (Wildman–Crippen LogP) is 4.32. The van der Waals surface area contributed by atoms with Crippen LogP contribution in [0.25, 0.3) is 17.0 Å². The van der Waals surface area contributed by atoms with Crippen molar-refractivity contribution in [3.63, 3.8) is 0 Å². The molecule has 5 aromatic rings. The summed E-state index contributed by atoms with van der Waals surface area (Å²) >= 11 is 0. The predicted molar refractivity (Wildman–Crippen MR) is 103 cm³/mol. The highest BCUT2D eigenvalue weighted by atomic mass is 19.1. The molecule has 144 valence electrons. The maximum atomic E-state index is 14.3. The molecule has 5 rings (SSSR count). The number of benzene rings is 1. The highest BCUT2D eigenvalue weighted by molar-refractivity contribution is 5.60. The summed E-state index contributed by atoms with van der Waals surface area (Å²) in [4.78, 5) is 2.00. The van der Waals surface area contributed by atoms with Crippen LogP contribution in [0.1, 0.15) is 11.5 Å². The normalized spacial score (nSPS) is 11.2. The second-order valence-electron chi connectivity index (χ2n) is 6.48. The highest BCUT2D eigenvalue weighted by Gasteiger charge is 2.17. The van der Waals surface area contributed by atoms with Gasteiger partial charge >= 0.3 is 0 Å². The van der Waals surface area contributed by atoms with Crippen molar-refractivity contribution in [3.8, 4) is 11.4 Å². The van der Waals surface area contributed by atoms with Crippen LogP contribution in [0.3, 0.4) is 0 Å². The zero-order valence-electron chi connectivity index (χ0n) is 15.3. The molecule has 0 saturated heterocycles. The molecule has 0 N–H and O–H groups in total. The lowest BCUT2D eigenvalue weighted by atomic mass is 10.2. The molecule has 0 aliphatic carbocycles. The van der Waals surface area contributed by atoms with Gasteiger partial charge in [-0.05, 0) is 48.5 Å². The first-order valence-corrected chi connectivity index (χ1v) is 9.05. The van der Waals surface area contributed by atoms with Crippen LogP contribution in [0.2, 0.25) is 0 Å². The van der Waals surface area contributed by atoms with Gasteiger partial charge in [-0.3, -0.25) is 0 Å². The van der Waals surface area contributed by atoms with Crippen molar-refractivity contribution in [2.45, 2.75) is 13.1 Å². The fourth-order valence-electron chi connectivity index (χ4n) is 3.16. The second-order valence-corrected chi connectivity index (χ2v) is 6.48. The fourth-order valence-corrected chi connectivity index (χ4v) is 3.16. The number of aromatic nitrogens is 4. The van der Waals surface area contributed by atoms with E-state index >= 15 is 0 Å². The van der Waals surface area contributed by atoms with Crippen LogP contribution in [0.15, 0.2) is 82.0 Å². The summed E-state index contributed by atoms with van der Waals surface area (Å²) < 4.78 is 26.9. The summed E-state index contributed by atoms with van der Waals surface area (Å²) in [5.41, 5.74) is 0.871. The van der Waals surface area contributed by atoms with Gasteiger partial charge in [0.05, 0.1) is 31.2 Å². The highest BCUT2D eigenvalue weighted by Crippen LogP contribution is 2.24. The number of rotatable bonds is 6. The molecule has 29 heavy (non-hydrogen) atoms. The molecule has 4 aromatic heterocycles. The van der Waals surface area contributed by atoms with Crippen molar-refractivity contribution >= 4 is 11.5 Å². The first kappa shape index (κ1) is 17.2. The van der Waals surface area contributed by atoms with Gasteiger partial charge in [-0.2, -0.15) is 4.52 Å². The topological polar surface area (TPSA) is 72.6 Å².